The number of guanidine groups is 4. The highest BCUT2D eigenvalue weighted by Gasteiger charge is 2.35. The lowest BCUT2D eigenvalue weighted by Crippen LogP contribution is -2.58. The van der Waals surface area contributed by atoms with E-state index in [0.29, 0.717) is 16.5 Å². The maximum atomic E-state index is 14.6. The van der Waals surface area contributed by atoms with Crippen LogP contribution < -0.4 is 88.8 Å². The molecule has 0 saturated carbocycles. The summed E-state index contributed by atoms with van der Waals surface area (Å²) in [4.78, 5) is 102. The summed E-state index contributed by atoms with van der Waals surface area (Å²) in [5.41, 5.74) is 57.9. The van der Waals surface area contributed by atoms with E-state index in [2.05, 4.69) is 46.2 Å². The summed E-state index contributed by atoms with van der Waals surface area (Å²) >= 11 is 0. The molecule has 1 aromatic heterocycles. The number of aliphatic imine (C=N–C) groups is 4. The zero-order valence-electron chi connectivity index (χ0n) is 39.0. The number of amides is 6. The number of carbonyl (C=O) groups is 6. The Labute approximate surface area is 419 Å². The molecule has 6 atom stereocenters. The van der Waals surface area contributed by atoms with Crippen LogP contribution in [0.2, 0.25) is 0 Å². The van der Waals surface area contributed by atoms with Gasteiger partial charge < -0.3 is 93.9 Å². The van der Waals surface area contributed by atoms with Crippen molar-refractivity contribution in [2.24, 2.45) is 71.6 Å². The molecule has 0 spiro atoms. The Morgan fingerprint density at radius 2 is 0.986 bits per heavy atom. The second-order valence-electron chi connectivity index (χ2n) is 16.0. The number of nitrogens with two attached hydrogens (primary N) is 10. The summed E-state index contributed by atoms with van der Waals surface area (Å²) in [6.07, 6.45) is -8.66. The van der Waals surface area contributed by atoms with E-state index in [9.17, 15) is 33.9 Å². The van der Waals surface area contributed by atoms with Crippen LogP contribution in [0.25, 0.3) is 32.4 Å². The average Bonchev–Trinajstić information content (AvgIpc) is 3.36. The Bertz CT molecular complexity index is 3230. The molecule has 26 N–H and O–H groups in total. The number of nitrogens with one attached hydrogen (secondary N) is 5. The molecule has 28 heteroatoms. The number of carbonyl (C=O) groups excluding carboxylic acids is 6. The molecule has 0 aliphatic carbocycles. The molecule has 0 fully saturated rings. The minimum atomic E-state index is -2.15. The Morgan fingerprint density at radius 3 is 1.54 bits per heavy atom. The lowest BCUT2D eigenvalue weighted by Gasteiger charge is -2.32. The van der Waals surface area contributed by atoms with E-state index in [1.807, 2.05) is 59.9 Å². The number of primary amides is 1. The number of benzene rings is 5. The van der Waals surface area contributed by atoms with Gasteiger partial charge in [0.05, 0.1) is 16.9 Å². The predicted octanol–water partition coefficient (Wildman–Crippen LogP) is -4.35. The fraction of sp³-hybridized carbons (Fsp3) is 0.152. The zero-order chi connectivity index (χ0) is 53.8. The van der Waals surface area contributed by atoms with Crippen molar-refractivity contribution in [3.63, 3.8) is 0 Å². The SMILES string of the molecule is NC(=O)C(N=C(N)N)NC(=O)C(N=C(N)N)NC(=O)C(N=C(N)N)NC(=O)C(N=C(N)N)NC(=O)C(NC(=O)C(O)N(Cc1cc2ccccc2c2ccccc12)c1ccc2ncccc2c1N)c1ccccc1. The highest BCUT2D eigenvalue weighted by atomic mass is 16.3. The van der Waals surface area contributed by atoms with Crippen LogP contribution in [0.15, 0.2) is 135 Å². The predicted molar refractivity (Wildman–Crippen MR) is 277 cm³/mol. The molecular weight excluding hydrogens is 959 g/mol. The van der Waals surface area contributed by atoms with Crippen molar-refractivity contribution in [2.75, 3.05) is 10.6 Å². The van der Waals surface area contributed by atoms with E-state index in [0.717, 1.165) is 21.5 Å². The number of nitrogens with zero attached hydrogens (tertiary/aromatic N) is 6. The molecule has 5 aromatic carbocycles. The van der Waals surface area contributed by atoms with Gasteiger partial charge in [0, 0.05) is 18.1 Å². The van der Waals surface area contributed by atoms with Gasteiger partial charge in [0.2, 0.25) is 36.8 Å². The molecule has 0 bridgehead atoms. The molecular formula is C46H53N21O7. The Balaban J connectivity index is 1.30. The molecule has 384 valence electrons. The van der Waals surface area contributed by atoms with Gasteiger partial charge in [-0.15, -0.1) is 0 Å². The second kappa shape index (κ2) is 23.4. The Hall–Kier alpha value is -10.5. The maximum Gasteiger partial charge on any atom is 0.270 e. The quantitative estimate of drug-likeness (QED) is 0.0113. The molecule has 6 unspecified atom stereocenters. The number of aliphatic hydroxyl groups excluding tert-OH is 1. The molecule has 74 heavy (non-hydrogen) atoms. The van der Waals surface area contributed by atoms with Crippen molar-refractivity contribution in [2.45, 2.75) is 43.5 Å². The van der Waals surface area contributed by atoms with Crippen LogP contribution >= 0.6 is 0 Å². The normalized spacial score (nSPS) is 13.3. The summed E-state index contributed by atoms with van der Waals surface area (Å²) in [5.74, 6) is -10.4. The fourth-order valence-corrected chi connectivity index (χ4v) is 7.56. The highest BCUT2D eigenvalue weighted by molar-refractivity contribution is 6.09. The van der Waals surface area contributed by atoms with Gasteiger partial charge in [0.15, 0.2) is 23.8 Å². The largest absolute Gasteiger partial charge is 0.396 e. The first-order chi connectivity index (χ1) is 35.2. The van der Waals surface area contributed by atoms with Gasteiger partial charge in [-0.25, -0.2) is 20.0 Å². The first kappa shape index (κ1) is 52.9. The lowest BCUT2D eigenvalue weighted by molar-refractivity contribution is -0.136. The van der Waals surface area contributed by atoms with Crippen LogP contribution in [0.4, 0.5) is 11.4 Å². The van der Waals surface area contributed by atoms with E-state index >= 15 is 0 Å². The summed E-state index contributed by atoms with van der Waals surface area (Å²) in [7, 11) is 0. The number of aromatic nitrogens is 1. The molecule has 0 radical (unpaired) electrons. The third-order valence-electron chi connectivity index (χ3n) is 10.8. The molecule has 0 aliphatic heterocycles. The summed E-state index contributed by atoms with van der Waals surface area (Å²) in [6.45, 7) is -0.0847. The van der Waals surface area contributed by atoms with Gasteiger partial charge >= 0.3 is 0 Å². The first-order valence-electron chi connectivity index (χ1n) is 21.9. The average molecular weight is 1010 g/mol. The number of anilines is 2. The number of hydrogen-bond donors (Lipinski definition) is 16. The summed E-state index contributed by atoms with van der Waals surface area (Å²) in [6, 6.07) is 30.1. The number of hydrogen-bond acceptors (Lipinski definition) is 14. The van der Waals surface area contributed by atoms with Gasteiger partial charge in [-0.05, 0) is 63.0 Å². The van der Waals surface area contributed by atoms with Crippen LogP contribution in [0.1, 0.15) is 17.2 Å². The molecule has 0 aliphatic rings. The van der Waals surface area contributed by atoms with Crippen LogP contribution in [-0.4, -0.2) is 100 Å². The van der Waals surface area contributed by atoms with Crippen molar-refractivity contribution >= 4 is 103 Å². The number of pyridine rings is 1. The van der Waals surface area contributed by atoms with Crippen LogP contribution in [0.3, 0.4) is 0 Å². The van der Waals surface area contributed by atoms with Gasteiger partial charge in [-0.3, -0.25) is 33.8 Å². The van der Waals surface area contributed by atoms with E-state index < -0.39 is 96.2 Å². The second-order valence-corrected chi connectivity index (χ2v) is 16.0. The van der Waals surface area contributed by atoms with E-state index in [4.69, 9.17) is 57.3 Å². The number of nitrogen functional groups attached to an aromatic ring is 1. The van der Waals surface area contributed by atoms with Crippen molar-refractivity contribution in [1.82, 2.24) is 31.6 Å². The number of rotatable bonds is 20. The summed E-state index contributed by atoms with van der Waals surface area (Å²) in [5, 5.41) is 27.5. The number of fused-ring (bicyclic) bond motifs is 4. The van der Waals surface area contributed by atoms with Gasteiger partial charge in [-0.2, -0.15) is 0 Å². The van der Waals surface area contributed by atoms with E-state index in [1.165, 1.54) is 17.0 Å². The number of aliphatic hydroxyl groups is 1. The van der Waals surface area contributed by atoms with Crippen LogP contribution in [0, 0.1) is 0 Å². The van der Waals surface area contributed by atoms with Crippen molar-refractivity contribution < 1.29 is 33.9 Å². The van der Waals surface area contributed by atoms with E-state index in [-0.39, 0.29) is 23.5 Å². The molecule has 6 amide bonds. The van der Waals surface area contributed by atoms with Gasteiger partial charge in [0.1, 0.15) is 6.04 Å². The third kappa shape index (κ3) is 13.0. The smallest absolute Gasteiger partial charge is 0.270 e. The summed E-state index contributed by atoms with van der Waals surface area (Å²) < 4.78 is 0. The van der Waals surface area contributed by atoms with Crippen molar-refractivity contribution in [3.8, 4) is 0 Å². The lowest BCUT2D eigenvalue weighted by atomic mass is 9.96. The monoisotopic (exact) mass is 1010 g/mol. The minimum absolute atomic E-state index is 0.0847. The standard InChI is InChI=1S/C46H53N21O7/c47-30-27-15-8-18-57-28(27)16-17-29(30)67(20-23-19-22-11-4-5-12-24(22)26-14-7-6-13-25(23)26)42(74)41(73)58-31(21-9-2-1-3-10-21)37(69)60-34(64-44(51)52)39(71)62-36(66-46(55)56)40(72)61-35(65-45(53)54)38(70)59-33(32(48)68)63-43(49)50/h1-19,31,33-36,42,74H,20,47H2,(H2,48,68)(H,58,73)(H,59,70)(H,60,69)(H,61,72)(H,62,71)(H4,49,50,63)(H4,51,52,64)(H4,53,54,65)(H4,55,56,66). The maximum absolute atomic E-state index is 14.6. The Kier molecular flexibility index (Phi) is 16.7. The van der Waals surface area contributed by atoms with E-state index in [1.54, 1.807) is 48.7 Å². The van der Waals surface area contributed by atoms with Gasteiger partial charge in [0.25, 0.3) is 29.5 Å². The Morgan fingerprint density at radius 1 is 0.514 bits per heavy atom. The fourth-order valence-electron chi connectivity index (χ4n) is 7.56. The van der Waals surface area contributed by atoms with Crippen molar-refractivity contribution in [1.29, 1.82) is 0 Å². The zero-order valence-corrected chi connectivity index (χ0v) is 39.0. The molecule has 6 rings (SSSR count). The molecule has 1 heterocycles. The topological polar surface area (TPSA) is 509 Å². The van der Waals surface area contributed by atoms with Crippen LogP contribution in [0.5, 0.6) is 0 Å². The molecule has 28 nitrogen and oxygen atoms in total. The molecule has 6 aromatic rings. The molecule has 0 saturated heterocycles. The minimum Gasteiger partial charge on any atom is -0.396 e. The van der Waals surface area contributed by atoms with Crippen LogP contribution in [-0.2, 0) is 35.3 Å². The first-order valence-corrected chi connectivity index (χ1v) is 21.9. The van der Waals surface area contributed by atoms with Crippen molar-refractivity contribution in [3.05, 3.63) is 127 Å². The van der Waals surface area contributed by atoms with Gasteiger partial charge in [-0.1, -0.05) is 78.9 Å². The highest BCUT2D eigenvalue weighted by Crippen LogP contribution is 2.35. The third-order valence-corrected chi connectivity index (χ3v) is 10.8.